The number of rotatable bonds is 13. The molecule has 3 amide bonds. The summed E-state index contributed by atoms with van der Waals surface area (Å²) in [4.78, 5) is 42.0. The zero-order valence-electron chi connectivity index (χ0n) is 23.5. The van der Waals surface area contributed by atoms with Gasteiger partial charge < -0.3 is 20.3 Å². The van der Waals surface area contributed by atoms with Crippen LogP contribution in [-0.2, 0) is 14.3 Å². The van der Waals surface area contributed by atoms with Gasteiger partial charge in [0, 0.05) is 12.6 Å². The highest BCUT2D eigenvalue weighted by atomic mass is 16.6. The standard InChI is InChI=1S/C29H47N3O4/c1-10-13-17-30-26(33)25(23-16-14-15-22(12-3)19-23)32(21(6)11-2)27(34)24(18-20(4)5)31-28(35)36-29(7,8)9/h12,14-16,19-21,24-25H,3,10-11,13,17-18H2,1-2,4-9H3,(H,30,33)(H,31,35). The topological polar surface area (TPSA) is 87.7 Å². The van der Waals surface area contributed by atoms with Crippen molar-refractivity contribution < 1.29 is 19.1 Å². The Labute approximate surface area is 218 Å². The molecule has 0 aromatic heterocycles. The van der Waals surface area contributed by atoms with Crippen LogP contribution in [0.4, 0.5) is 4.79 Å². The minimum absolute atomic E-state index is 0.133. The molecule has 0 heterocycles. The number of ether oxygens (including phenoxy) is 1. The van der Waals surface area contributed by atoms with Crippen LogP contribution in [0.3, 0.4) is 0 Å². The van der Waals surface area contributed by atoms with Crippen LogP contribution in [0.15, 0.2) is 30.8 Å². The summed E-state index contributed by atoms with van der Waals surface area (Å²) in [7, 11) is 0. The van der Waals surface area contributed by atoms with Gasteiger partial charge in [-0.25, -0.2) is 4.79 Å². The van der Waals surface area contributed by atoms with Crippen LogP contribution >= 0.6 is 0 Å². The molecule has 0 fully saturated rings. The lowest BCUT2D eigenvalue weighted by molar-refractivity contribution is -0.145. The van der Waals surface area contributed by atoms with Crippen LogP contribution in [0.5, 0.6) is 0 Å². The van der Waals surface area contributed by atoms with Gasteiger partial charge in [-0.1, -0.05) is 65.0 Å². The maximum Gasteiger partial charge on any atom is 0.408 e. The molecule has 0 saturated heterocycles. The van der Waals surface area contributed by atoms with E-state index < -0.39 is 23.8 Å². The molecule has 0 radical (unpaired) electrons. The van der Waals surface area contributed by atoms with Gasteiger partial charge in [0.2, 0.25) is 11.8 Å². The summed E-state index contributed by atoms with van der Waals surface area (Å²) in [5.41, 5.74) is 0.871. The Kier molecular flexibility index (Phi) is 12.7. The second-order valence-corrected chi connectivity index (χ2v) is 10.8. The van der Waals surface area contributed by atoms with Gasteiger partial charge in [0.25, 0.3) is 0 Å². The van der Waals surface area contributed by atoms with E-state index in [-0.39, 0.29) is 23.8 Å². The number of nitrogens with zero attached hydrogens (tertiary/aromatic N) is 1. The Hall–Kier alpha value is -2.83. The summed E-state index contributed by atoms with van der Waals surface area (Å²) in [5, 5.41) is 5.80. The molecule has 36 heavy (non-hydrogen) atoms. The summed E-state index contributed by atoms with van der Waals surface area (Å²) < 4.78 is 5.44. The van der Waals surface area contributed by atoms with Gasteiger partial charge in [-0.3, -0.25) is 9.59 Å². The van der Waals surface area contributed by atoms with Crippen molar-refractivity contribution in [3.63, 3.8) is 0 Å². The molecular weight excluding hydrogens is 454 g/mol. The molecule has 7 heteroatoms. The third-order valence-corrected chi connectivity index (χ3v) is 5.83. The normalized spacial score (nSPS) is 13.9. The van der Waals surface area contributed by atoms with Crippen LogP contribution in [0, 0.1) is 5.92 Å². The minimum Gasteiger partial charge on any atom is -0.444 e. The smallest absolute Gasteiger partial charge is 0.408 e. The molecule has 7 nitrogen and oxygen atoms in total. The van der Waals surface area contributed by atoms with Crippen molar-refractivity contribution in [2.24, 2.45) is 5.92 Å². The van der Waals surface area contributed by atoms with E-state index in [1.54, 1.807) is 31.7 Å². The van der Waals surface area contributed by atoms with Crippen molar-refractivity contribution in [1.82, 2.24) is 15.5 Å². The Bertz CT molecular complexity index is 876. The van der Waals surface area contributed by atoms with E-state index in [2.05, 4.69) is 24.1 Å². The van der Waals surface area contributed by atoms with Crippen LogP contribution in [0.2, 0.25) is 0 Å². The van der Waals surface area contributed by atoms with Crippen molar-refractivity contribution in [1.29, 1.82) is 0 Å². The van der Waals surface area contributed by atoms with Gasteiger partial charge in [-0.05, 0) is 70.1 Å². The lowest BCUT2D eigenvalue weighted by atomic mass is 9.96. The zero-order chi connectivity index (χ0) is 27.5. The molecule has 0 bridgehead atoms. The van der Waals surface area contributed by atoms with Crippen LogP contribution in [0.1, 0.15) is 98.2 Å². The second-order valence-electron chi connectivity index (χ2n) is 10.8. The Balaban J connectivity index is 3.53. The number of hydrogen-bond acceptors (Lipinski definition) is 4. The first-order valence-corrected chi connectivity index (χ1v) is 13.2. The summed E-state index contributed by atoms with van der Waals surface area (Å²) in [6, 6.07) is 5.59. The molecule has 0 aliphatic heterocycles. The number of nitrogens with one attached hydrogen (secondary N) is 2. The highest BCUT2D eigenvalue weighted by Crippen LogP contribution is 2.28. The molecule has 1 rings (SSSR count). The average Bonchev–Trinajstić information content (AvgIpc) is 2.79. The lowest BCUT2D eigenvalue weighted by Crippen LogP contribution is -2.55. The van der Waals surface area contributed by atoms with Crippen molar-refractivity contribution in [2.45, 2.75) is 105 Å². The lowest BCUT2D eigenvalue weighted by Gasteiger charge is -2.38. The maximum atomic E-state index is 14.1. The number of alkyl carbamates (subject to hydrolysis) is 1. The van der Waals surface area contributed by atoms with E-state index in [1.807, 2.05) is 52.0 Å². The van der Waals surface area contributed by atoms with Crippen molar-refractivity contribution in [3.05, 3.63) is 42.0 Å². The molecule has 0 aliphatic rings. The molecule has 1 aromatic rings. The van der Waals surface area contributed by atoms with E-state index in [9.17, 15) is 14.4 Å². The highest BCUT2D eigenvalue weighted by Gasteiger charge is 2.38. The maximum absolute atomic E-state index is 14.1. The number of benzene rings is 1. The number of carbonyl (C=O) groups excluding carboxylic acids is 3. The molecule has 0 spiro atoms. The Morgan fingerprint density at radius 2 is 1.81 bits per heavy atom. The van der Waals surface area contributed by atoms with Gasteiger partial charge in [-0.2, -0.15) is 0 Å². The summed E-state index contributed by atoms with van der Waals surface area (Å²) in [6.07, 6.45) is 3.92. The van der Waals surface area contributed by atoms with Crippen LogP contribution < -0.4 is 10.6 Å². The molecule has 3 unspecified atom stereocenters. The first-order chi connectivity index (χ1) is 16.8. The molecule has 1 aromatic carbocycles. The van der Waals surface area contributed by atoms with Crippen molar-refractivity contribution in [3.8, 4) is 0 Å². The first-order valence-electron chi connectivity index (χ1n) is 13.2. The van der Waals surface area contributed by atoms with Gasteiger partial charge in [-0.15, -0.1) is 0 Å². The van der Waals surface area contributed by atoms with E-state index in [0.29, 0.717) is 24.9 Å². The first kappa shape index (κ1) is 31.2. The van der Waals surface area contributed by atoms with Gasteiger partial charge in [0.05, 0.1) is 0 Å². The largest absolute Gasteiger partial charge is 0.444 e. The SMILES string of the molecule is C=Cc1cccc(C(C(=O)NCCCC)N(C(=O)C(CC(C)C)NC(=O)OC(C)(C)C)C(C)CC)c1. The molecule has 3 atom stereocenters. The summed E-state index contributed by atoms with van der Waals surface area (Å²) in [5.74, 6) is -0.406. The third kappa shape index (κ3) is 10.0. The van der Waals surface area contributed by atoms with Gasteiger partial charge in [0.1, 0.15) is 17.7 Å². The van der Waals surface area contributed by atoms with E-state index in [1.165, 1.54) is 0 Å². The fraction of sp³-hybridized carbons (Fsp3) is 0.621. The molecule has 202 valence electrons. The number of hydrogen-bond donors (Lipinski definition) is 2. The number of unbranched alkanes of at least 4 members (excludes halogenated alkanes) is 1. The quantitative estimate of drug-likeness (QED) is 0.332. The molecule has 2 N–H and O–H groups in total. The molecular formula is C29H47N3O4. The van der Waals surface area contributed by atoms with E-state index in [0.717, 1.165) is 18.4 Å². The van der Waals surface area contributed by atoms with Crippen LogP contribution in [-0.4, -0.2) is 47.0 Å². The minimum atomic E-state index is -0.848. The monoisotopic (exact) mass is 501 g/mol. The number of carbonyl (C=O) groups is 3. The van der Waals surface area contributed by atoms with Crippen molar-refractivity contribution in [2.75, 3.05) is 6.54 Å². The fourth-order valence-electron chi connectivity index (χ4n) is 3.90. The average molecular weight is 502 g/mol. The molecule has 0 saturated carbocycles. The zero-order valence-corrected chi connectivity index (χ0v) is 23.5. The summed E-state index contributed by atoms with van der Waals surface area (Å²) >= 11 is 0. The van der Waals surface area contributed by atoms with E-state index in [4.69, 9.17) is 4.74 Å². The van der Waals surface area contributed by atoms with Gasteiger partial charge in [0.15, 0.2) is 0 Å². The Morgan fingerprint density at radius 3 is 2.33 bits per heavy atom. The third-order valence-electron chi connectivity index (χ3n) is 5.83. The fourth-order valence-corrected chi connectivity index (χ4v) is 3.90. The van der Waals surface area contributed by atoms with Crippen molar-refractivity contribution >= 4 is 24.0 Å². The number of amides is 3. The van der Waals surface area contributed by atoms with E-state index >= 15 is 0 Å². The Morgan fingerprint density at radius 1 is 1.14 bits per heavy atom. The predicted octanol–water partition coefficient (Wildman–Crippen LogP) is 5.85. The van der Waals surface area contributed by atoms with Crippen LogP contribution in [0.25, 0.3) is 6.08 Å². The molecule has 0 aliphatic carbocycles. The highest BCUT2D eigenvalue weighted by molar-refractivity contribution is 5.92. The second kappa shape index (κ2) is 14.7. The summed E-state index contributed by atoms with van der Waals surface area (Å²) in [6.45, 7) is 19.7. The van der Waals surface area contributed by atoms with Gasteiger partial charge >= 0.3 is 6.09 Å². The predicted molar refractivity (Wildman–Crippen MR) is 146 cm³/mol.